The second kappa shape index (κ2) is 7.35. The van der Waals surface area contributed by atoms with E-state index in [0.717, 1.165) is 25.7 Å². The lowest BCUT2D eigenvalue weighted by atomic mass is 10.00. The normalized spacial score (nSPS) is 12.7. The molecule has 0 bridgehead atoms. The van der Waals surface area contributed by atoms with E-state index >= 15 is 0 Å². The van der Waals surface area contributed by atoms with Gasteiger partial charge in [-0.1, -0.05) is 32.3 Å². The van der Waals surface area contributed by atoms with E-state index in [1.165, 1.54) is 18.2 Å². The fourth-order valence-electron chi connectivity index (χ4n) is 1.86. The number of hydrogen-bond donors (Lipinski definition) is 2. The van der Waals surface area contributed by atoms with E-state index in [-0.39, 0.29) is 11.6 Å². The Morgan fingerprint density at radius 2 is 1.88 bits per heavy atom. The van der Waals surface area contributed by atoms with Crippen molar-refractivity contribution in [3.05, 3.63) is 35.4 Å². The molecule has 1 aromatic rings. The van der Waals surface area contributed by atoms with Gasteiger partial charge in [0, 0.05) is 11.6 Å². The van der Waals surface area contributed by atoms with E-state index in [2.05, 4.69) is 12.3 Å². The number of benzene rings is 1. The maximum absolute atomic E-state index is 13.4. The molecule has 0 spiro atoms. The van der Waals surface area contributed by atoms with Gasteiger partial charge in [0.05, 0.1) is 0 Å². The van der Waals surface area contributed by atoms with Crippen molar-refractivity contribution >= 4 is 0 Å². The minimum absolute atomic E-state index is 0.0760. The molecule has 96 valence electrons. The lowest BCUT2D eigenvalue weighted by molar-refractivity contribution is 0.447. The monoisotopic (exact) mass is 242 g/mol. The van der Waals surface area contributed by atoms with Crippen LogP contribution >= 0.6 is 0 Å². The number of nitrogens with one attached hydrogen (secondary N) is 1. The number of hydrazine groups is 1. The van der Waals surface area contributed by atoms with Crippen LogP contribution in [0.15, 0.2) is 18.2 Å². The summed E-state index contributed by atoms with van der Waals surface area (Å²) in [5.41, 5.74) is 2.75. The van der Waals surface area contributed by atoms with Crippen molar-refractivity contribution in [2.45, 2.75) is 45.1 Å². The highest BCUT2D eigenvalue weighted by Gasteiger charge is 2.14. The summed E-state index contributed by atoms with van der Waals surface area (Å²) in [4.78, 5) is 0. The maximum Gasteiger partial charge on any atom is 0.129 e. The Balaban J connectivity index is 2.60. The zero-order valence-electron chi connectivity index (χ0n) is 10.2. The van der Waals surface area contributed by atoms with Crippen LogP contribution in [0.4, 0.5) is 8.78 Å². The maximum atomic E-state index is 13.4. The Labute approximate surface area is 101 Å². The molecule has 17 heavy (non-hydrogen) atoms. The molecule has 3 N–H and O–H groups in total. The highest BCUT2D eigenvalue weighted by molar-refractivity contribution is 5.20. The summed E-state index contributed by atoms with van der Waals surface area (Å²) >= 11 is 0. The van der Waals surface area contributed by atoms with Crippen LogP contribution in [0.1, 0.15) is 38.2 Å². The lowest BCUT2D eigenvalue weighted by Gasteiger charge is -2.16. The number of halogens is 2. The fraction of sp³-hybridized carbons (Fsp3) is 0.538. The van der Waals surface area contributed by atoms with Crippen LogP contribution in [0, 0.1) is 11.6 Å². The molecule has 1 atom stereocenters. The Hall–Kier alpha value is -1.00. The predicted molar refractivity (Wildman–Crippen MR) is 65.3 cm³/mol. The van der Waals surface area contributed by atoms with Crippen LogP contribution in [-0.2, 0) is 6.42 Å². The van der Waals surface area contributed by atoms with E-state index in [1.54, 1.807) is 0 Å². The van der Waals surface area contributed by atoms with E-state index in [4.69, 9.17) is 5.84 Å². The van der Waals surface area contributed by atoms with Crippen LogP contribution in [0.3, 0.4) is 0 Å². The molecule has 0 saturated heterocycles. The summed E-state index contributed by atoms with van der Waals surface area (Å²) in [6.07, 6.45) is 4.36. The van der Waals surface area contributed by atoms with Gasteiger partial charge in [-0.2, -0.15) is 0 Å². The molecule has 0 aliphatic heterocycles. The summed E-state index contributed by atoms with van der Waals surface area (Å²) in [5.74, 6) is 4.41. The third kappa shape index (κ3) is 4.40. The van der Waals surface area contributed by atoms with Gasteiger partial charge in [-0.3, -0.25) is 11.3 Å². The zero-order chi connectivity index (χ0) is 12.7. The molecule has 4 heteroatoms. The average molecular weight is 242 g/mol. The van der Waals surface area contributed by atoms with Gasteiger partial charge in [0.15, 0.2) is 0 Å². The van der Waals surface area contributed by atoms with E-state index in [0.29, 0.717) is 6.42 Å². The third-order valence-corrected chi connectivity index (χ3v) is 2.90. The van der Waals surface area contributed by atoms with Gasteiger partial charge in [-0.25, -0.2) is 8.78 Å². The molecule has 0 amide bonds. The van der Waals surface area contributed by atoms with Gasteiger partial charge in [0.25, 0.3) is 0 Å². The average Bonchev–Trinajstić information content (AvgIpc) is 2.32. The van der Waals surface area contributed by atoms with E-state index in [9.17, 15) is 8.78 Å². The van der Waals surface area contributed by atoms with Crippen molar-refractivity contribution in [1.82, 2.24) is 5.43 Å². The van der Waals surface area contributed by atoms with Crippen molar-refractivity contribution in [3.8, 4) is 0 Å². The van der Waals surface area contributed by atoms with Crippen molar-refractivity contribution in [1.29, 1.82) is 0 Å². The molecule has 0 saturated carbocycles. The van der Waals surface area contributed by atoms with Crippen molar-refractivity contribution < 1.29 is 8.78 Å². The number of rotatable bonds is 7. The molecule has 1 aromatic carbocycles. The number of hydrogen-bond acceptors (Lipinski definition) is 2. The fourth-order valence-corrected chi connectivity index (χ4v) is 1.86. The molecule has 1 rings (SSSR count). The lowest BCUT2D eigenvalue weighted by Crippen LogP contribution is -2.37. The molecule has 1 unspecified atom stereocenters. The molecule has 0 aromatic heterocycles. The molecule has 0 radical (unpaired) electrons. The van der Waals surface area contributed by atoms with Crippen molar-refractivity contribution in [2.24, 2.45) is 5.84 Å². The molecule has 0 heterocycles. The van der Waals surface area contributed by atoms with Gasteiger partial charge >= 0.3 is 0 Å². The van der Waals surface area contributed by atoms with E-state index in [1.807, 2.05) is 0 Å². The van der Waals surface area contributed by atoms with Crippen LogP contribution in [-0.4, -0.2) is 6.04 Å². The Bertz CT molecular complexity index is 322. The van der Waals surface area contributed by atoms with Crippen molar-refractivity contribution in [3.63, 3.8) is 0 Å². The van der Waals surface area contributed by atoms with Gasteiger partial charge < -0.3 is 0 Å². The van der Waals surface area contributed by atoms with Gasteiger partial charge in [-0.05, 0) is 25.0 Å². The quantitative estimate of drug-likeness (QED) is 0.438. The SMILES string of the molecule is CCCCCC(Cc1c(F)cccc1F)NN. The first-order valence-electron chi connectivity index (χ1n) is 6.08. The molecule has 0 fully saturated rings. The Morgan fingerprint density at radius 1 is 1.24 bits per heavy atom. The first kappa shape index (κ1) is 14.1. The summed E-state index contributed by atoms with van der Waals surface area (Å²) in [5, 5.41) is 0. The molecular formula is C13H20F2N2. The van der Waals surface area contributed by atoms with Gasteiger partial charge in [-0.15, -0.1) is 0 Å². The van der Waals surface area contributed by atoms with Crippen molar-refractivity contribution in [2.75, 3.05) is 0 Å². The second-order valence-corrected chi connectivity index (χ2v) is 4.26. The zero-order valence-corrected chi connectivity index (χ0v) is 10.2. The second-order valence-electron chi connectivity index (χ2n) is 4.26. The summed E-state index contributed by atoms with van der Waals surface area (Å²) in [7, 11) is 0. The highest BCUT2D eigenvalue weighted by Crippen LogP contribution is 2.16. The summed E-state index contributed by atoms with van der Waals surface area (Å²) in [6.45, 7) is 2.11. The summed E-state index contributed by atoms with van der Waals surface area (Å²) < 4.78 is 26.9. The Kier molecular flexibility index (Phi) is 6.08. The standard InChI is InChI=1S/C13H20F2N2/c1-2-3-4-6-10(17-16)9-11-12(14)7-5-8-13(11)15/h5,7-8,10,17H,2-4,6,9,16H2,1H3. The largest absolute Gasteiger partial charge is 0.271 e. The first-order valence-corrected chi connectivity index (χ1v) is 6.08. The van der Waals surface area contributed by atoms with Crippen LogP contribution in [0.5, 0.6) is 0 Å². The van der Waals surface area contributed by atoms with E-state index < -0.39 is 11.6 Å². The van der Waals surface area contributed by atoms with Crippen LogP contribution in [0.25, 0.3) is 0 Å². The Morgan fingerprint density at radius 3 is 2.41 bits per heavy atom. The number of unbranched alkanes of at least 4 members (excludes halogenated alkanes) is 2. The highest BCUT2D eigenvalue weighted by atomic mass is 19.1. The summed E-state index contributed by atoms with van der Waals surface area (Å²) in [6, 6.07) is 3.85. The third-order valence-electron chi connectivity index (χ3n) is 2.90. The molecule has 0 aliphatic rings. The topological polar surface area (TPSA) is 38.0 Å². The van der Waals surface area contributed by atoms with Gasteiger partial charge in [0.2, 0.25) is 0 Å². The molecule has 0 aliphatic carbocycles. The predicted octanol–water partition coefficient (Wildman–Crippen LogP) is 2.92. The molecule has 2 nitrogen and oxygen atoms in total. The number of nitrogens with two attached hydrogens (primary N) is 1. The minimum atomic E-state index is -0.499. The van der Waals surface area contributed by atoms with Gasteiger partial charge in [0.1, 0.15) is 11.6 Å². The van der Waals surface area contributed by atoms with Crippen LogP contribution < -0.4 is 11.3 Å². The van der Waals surface area contributed by atoms with Crippen LogP contribution in [0.2, 0.25) is 0 Å². The first-order chi connectivity index (χ1) is 8.19. The minimum Gasteiger partial charge on any atom is -0.271 e. The molecular weight excluding hydrogens is 222 g/mol. The smallest absolute Gasteiger partial charge is 0.129 e.